The van der Waals surface area contributed by atoms with Crippen LogP contribution in [0.1, 0.15) is 36.0 Å². The zero-order valence-corrected chi connectivity index (χ0v) is 17.1. The Balaban J connectivity index is 1.60. The number of aromatic nitrogens is 3. The monoisotopic (exact) mass is 416 g/mol. The Bertz CT molecular complexity index is 1130. The molecule has 0 bridgehead atoms. The number of anilines is 1. The maximum atomic E-state index is 13.7. The van der Waals surface area contributed by atoms with E-state index in [1.807, 2.05) is 26.8 Å². The molecule has 30 heavy (non-hydrogen) atoms. The lowest BCUT2D eigenvalue weighted by molar-refractivity contribution is -0.153. The normalized spacial score (nSPS) is 12.1. The van der Waals surface area contributed by atoms with Crippen molar-refractivity contribution in [3.63, 3.8) is 0 Å². The van der Waals surface area contributed by atoms with Gasteiger partial charge in [-0.15, -0.1) is 0 Å². The molecule has 2 heterocycles. The van der Waals surface area contributed by atoms with Crippen LogP contribution in [0.2, 0.25) is 0 Å². The summed E-state index contributed by atoms with van der Waals surface area (Å²) in [4.78, 5) is 28.9. The largest absolute Gasteiger partial charge is 0.453 e. The predicted molar refractivity (Wildman–Crippen MR) is 106 cm³/mol. The van der Waals surface area contributed by atoms with Crippen LogP contribution in [0.25, 0.3) is 5.65 Å². The standard InChI is InChI=1S/C21H22F2N4O3/c1-11-9-19-24-12(2)16(13(3)27(19)26-11)6-8-20(28)30-14(4)21(29)25-18-7-5-15(22)10-17(18)23/h5,7,9-10,14H,6,8H2,1-4H3,(H,25,29). The third-order valence-corrected chi connectivity index (χ3v) is 4.73. The fourth-order valence-electron chi connectivity index (χ4n) is 3.16. The third-order valence-electron chi connectivity index (χ3n) is 4.73. The van der Waals surface area contributed by atoms with E-state index >= 15 is 0 Å². The summed E-state index contributed by atoms with van der Waals surface area (Å²) in [6.07, 6.45) is -0.727. The van der Waals surface area contributed by atoms with Crippen molar-refractivity contribution in [1.82, 2.24) is 14.6 Å². The van der Waals surface area contributed by atoms with Gasteiger partial charge in [0.25, 0.3) is 5.91 Å². The zero-order chi connectivity index (χ0) is 22.0. The van der Waals surface area contributed by atoms with Gasteiger partial charge in [-0.3, -0.25) is 9.59 Å². The Kier molecular flexibility index (Phi) is 6.09. The van der Waals surface area contributed by atoms with Crippen molar-refractivity contribution < 1.29 is 23.1 Å². The fraction of sp³-hybridized carbons (Fsp3) is 0.333. The average Bonchev–Trinajstić information content (AvgIpc) is 3.04. The minimum Gasteiger partial charge on any atom is -0.453 e. The van der Waals surface area contributed by atoms with Gasteiger partial charge in [0.1, 0.15) is 11.6 Å². The molecule has 1 amide bonds. The smallest absolute Gasteiger partial charge is 0.306 e. The molecule has 3 rings (SSSR count). The van der Waals surface area contributed by atoms with E-state index in [9.17, 15) is 18.4 Å². The zero-order valence-electron chi connectivity index (χ0n) is 17.1. The SMILES string of the molecule is Cc1cc2nc(C)c(CCC(=O)OC(C)C(=O)Nc3ccc(F)cc3F)c(C)n2n1. The minimum absolute atomic E-state index is 0.0393. The van der Waals surface area contributed by atoms with Gasteiger partial charge in [-0.2, -0.15) is 5.10 Å². The summed E-state index contributed by atoms with van der Waals surface area (Å²) in [5.74, 6) is -2.96. The molecular formula is C21H22F2N4O3. The Morgan fingerprint density at radius 3 is 2.63 bits per heavy atom. The molecule has 9 heteroatoms. The molecule has 1 atom stereocenters. The van der Waals surface area contributed by atoms with E-state index in [4.69, 9.17) is 4.74 Å². The average molecular weight is 416 g/mol. The van der Waals surface area contributed by atoms with Crippen molar-refractivity contribution in [2.24, 2.45) is 0 Å². The van der Waals surface area contributed by atoms with Gasteiger partial charge in [-0.05, 0) is 51.8 Å². The fourth-order valence-corrected chi connectivity index (χ4v) is 3.16. The van der Waals surface area contributed by atoms with E-state index in [2.05, 4.69) is 15.4 Å². The van der Waals surface area contributed by atoms with Crippen molar-refractivity contribution in [1.29, 1.82) is 0 Å². The summed E-state index contributed by atoms with van der Waals surface area (Å²) in [5, 5.41) is 6.67. The second-order valence-corrected chi connectivity index (χ2v) is 7.06. The Morgan fingerprint density at radius 2 is 1.93 bits per heavy atom. The number of nitrogens with one attached hydrogen (secondary N) is 1. The highest BCUT2D eigenvalue weighted by Gasteiger charge is 2.20. The molecule has 0 aliphatic heterocycles. The molecule has 0 saturated carbocycles. The maximum Gasteiger partial charge on any atom is 0.306 e. The van der Waals surface area contributed by atoms with Crippen molar-refractivity contribution in [3.05, 3.63) is 58.5 Å². The molecule has 0 aliphatic rings. The van der Waals surface area contributed by atoms with Crippen LogP contribution in [-0.4, -0.2) is 32.6 Å². The third kappa shape index (κ3) is 4.61. The minimum atomic E-state index is -1.14. The van der Waals surface area contributed by atoms with Gasteiger partial charge in [0.05, 0.1) is 11.4 Å². The van der Waals surface area contributed by atoms with Gasteiger partial charge < -0.3 is 10.1 Å². The number of halogens is 2. The van der Waals surface area contributed by atoms with Crippen molar-refractivity contribution >= 4 is 23.2 Å². The van der Waals surface area contributed by atoms with Gasteiger partial charge >= 0.3 is 5.97 Å². The highest BCUT2D eigenvalue weighted by Crippen LogP contribution is 2.18. The summed E-state index contributed by atoms with van der Waals surface area (Å²) < 4.78 is 33.5. The summed E-state index contributed by atoms with van der Waals surface area (Å²) in [7, 11) is 0. The van der Waals surface area contributed by atoms with Gasteiger partial charge in [-0.1, -0.05) is 0 Å². The van der Waals surface area contributed by atoms with Crippen LogP contribution in [0.3, 0.4) is 0 Å². The first-order valence-electron chi connectivity index (χ1n) is 9.43. The first-order valence-corrected chi connectivity index (χ1v) is 9.43. The van der Waals surface area contributed by atoms with Crippen LogP contribution in [0, 0.1) is 32.4 Å². The number of rotatable bonds is 6. The lowest BCUT2D eigenvalue weighted by Crippen LogP contribution is -2.30. The number of carbonyl (C=O) groups is 2. The molecule has 1 N–H and O–H groups in total. The molecule has 7 nitrogen and oxygen atoms in total. The topological polar surface area (TPSA) is 85.6 Å². The molecule has 1 unspecified atom stereocenters. The van der Waals surface area contributed by atoms with Gasteiger partial charge in [0.2, 0.25) is 0 Å². The Labute approximate surface area is 172 Å². The van der Waals surface area contributed by atoms with E-state index in [0.717, 1.165) is 40.4 Å². The molecule has 0 spiro atoms. The Hall–Kier alpha value is -3.36. The number of fused-ring (bicyclic) bond motifs is 1. The van der Waals surface area contributed by atoms with Crippen LogP contribution in [-0.2, 0) is 20.7 Å². The lowest BCUT2D eigenvalue weighted by atomic mass is 10.1. The molecule has 0 aliphatic carbocycles. The second kappa shape index (κ2) is 8.56. The van der Waals surface area contributed by atoms with Crippen molar-refractivity contribution in [2.75, 3.05) is 5.32 Å². The van der Waals surface area contributed by atoms with E-state index < -0.39 is 29.6 Å². The number of nitrogens with zero attached hydrogens (tertiary/aromatic N) is 3. The van der Waals surface area contributed by atoms with Gasteiger partial charge in [-0.25, -0.2) is 18.3 Å². The van der Waals surface area contributed by atoms with Crippen LogP contribution in [0.4, 0.5) is 14.5 Å². The summed E-state index contributed by atoms with van der Waals surface area (Å²) in [5.41, 5.74) is 3.96. The second-order valence-electron chi connectivity index (χ2n) is 7.06. The summed E-state index contributed by atoms with van der Waals surface area (Å²) >= 11 is 0. The number of amides is 1. The number of hydrogen-bond acceptors (Lipinski definition) is 5. The molecule has 1 aromatic carbocycles. The van der Waals surface area contributed by atoms with Crippen molar-refractivity contribution in [3.8, 4) is 0 Å². The predicted octanol–water partition coefficient (Wildman–Crippen LogP) is 3.44. The highest BCUT2D eigenvalue weighted by atomic mass is 19.1. The molecular weight excluding hydrogens is 394 g/mol. The van der Waals surface area contributed by atoms with Crippen molar-refractivity contribution in [2.45, 2.75) is 46.6 Å². The van der Waals surface area contributed by atoms with Crippen LogP contribution in [0.15, 0.2) is 24.3 Å². The molecule has 3 aromatic rings. The van der Waals surface area contributed by atoms with Gasteiger partial charge in [0, 0.05) is 29.9 Å². The number of hydrogen-bond donors (Lipinski definition) is 1. The summed E-state index contributed by atoms with van der Waals surface area (Å²) in [6, 6.07) is 4.65. The van der Waals surface area contributed by atoms with E-state index in [0.29, 0.717) is 12.5 Å². The molecule has 0 saturated heterocycles. The number of carbonyl (C=O) groups excluding carboxylic acids is 2. The first-order chi connectivity index (χ1) is 14.2. The number of ether oxygens (including phenoxy) is 1. The number of esters is 1. The van der Waals surface area contributed by atoms with Gasteiger partial charge in [0.15, 0.2) is 11.8 Å². The summed E-state index contributed by atoms with van der Waals surface area (Å²) in [6.45, 7) is 7.03. The molecule has 0 radical (unpaired) electrons. The lowest BCUT2D eigenvalue weighted by Gasteiger charge is -2.15. The van der Waals surface area contributed by atoms with Crippen LogP contribution in [0.5, 0.6) is 0 Å². The maximum absolute atomic E-state index is 13.7. The van der Waals surface area contributed by atoms with Crippen LogP contribution < -0.4 is 5.32 Å². The number of benzene rings is 1. The highest BCUT2D eigenvalue weighted by molar-refractivity contribution is 5.95. The van der Waals surface area contributed by atoms with E-state index in [1.54, 1.807) is 4.52 Å². The van der Waals surface area contributed by atoms with E-state index in [1.165, 1.54) is 6.92 Å². The molecule has 158 valence electrons. The molecule has 2 aromatic heterocycles. The number of aryl methyl sites for hydroxylation is 3. The molecule has 0 fully saturated rings. The van der Waals surface area contributed by atoms with E-state index in [-0.39, 0.29) is 12.1 Å². The first kappa shape index (κ1) is 21.4. The van der Waals surface area contributed by atoms with Crippen LogP contribution >= 0.6 is 0 Å². The Morgan fingerprint density at radius 1 is 1.20 bits per heavy atom. The quantitative estimate of drug-likeness (QED) is 0.622.